The molecule has 1 aromatic heterocycles. The molecule has 1 heterocycles. The van der Waals surface area contributed by atoms with Gasteiger partial charge in [-0.1, -0.05) is 6.92 Å². The van der Waals surface area contributed by atoms with E-state index in [1.165, 1.54) is 5.56 Å². The molecule has 114 valence electrons. The molecule has 0 aliphatic rings. The third kappa shape index (κ3) is 4.56. The Labute approximate surface area is 141 Å². The average molecular weight is 417 g/mol. The summed E-state index contributed by atoms with van der Waals surface area (Å²) in [5.41, 5.74) is 8.24. The first-order chi connectivity index (χ1) is 9.99. The van der Waals surface area contributed by atoms with Gasteiger partial charge in [-0.15, -0.1) is 0 Å². The van der Waals surface area contributed by atoms with Crippen LogP contribution in [-0.2, 0) is 20.1 Å². The highest BCUT2D eigenvalue weighted by molar-refractivity contribution is 9.11. The summed E-state index contributed by atoms with van der Waals surface area (Å²) in [6, 6.07) is 4.32. The number of ether oxygens (including phenoxy) is 1. The molecule has 4 nitrogen and oxygen atoms in total. The highest BCUT2D eigenvalue weighted by Gasteiger charge is 2.11. The van der Waals surface area contributed by atoms with Gasteiger partial charge in [0.05, 0.1) is 15.1 Å². The Morgan fingerprint density at radius 1 is 1.29 bits per heavy atom. The molecule has 0 radical (unpaired) electrons. The Kier molecular flexibility index (Phi) is 5.84. The molecule has 0 saturated heterocycles. The molecular formula is C15H19Br2N3O. The van der Waals surface area contributed by atoms with Crippen molar-refractivity contribution in [1.82, 2.24) is 9.78 Å². The molecule has 0 fully saturated rings. The lowest BCUT2D eigenvalue weighted by molar-refractivity contribution is 0.302. The number of aryl methyl sites for hydroxylation is 1. The molecule has 0 aliphatic heterocycles. The third-order valence-corrected chi connectivity index (χ3v) is 4.40. The van der Waals surface area contributed by atoms with Crippen LogP contribution in [0.4, 0.5) is 0 Å². The van der Waals surface area contributed by atoms with Crippen molar-refractivity contribution in [1.29, 1.82) is 0 Å². The van der Waals surface area contributed by atoms with Crippen molar-refractivity contribution in [3.8, 4) is 5.75 Å². The minimum atomic E-state index is 0.186. The van der Waals surface area contributed by atoms with Gasteiger partial charge in [-0.2, -0.15) is 5.10 Å². The van der Waals surface area contributed by atoms with Gasteiger partial charge >= 0.3 is 0 Å². The van der Waals surface area contributed by atoms with Crippen molar-refractivity contribution in [3.63, 3.8) is 0 Å². The summed E-state index contributed by atoms with van der Waals surface area (Å²) < 4.78 is 9.50. The maximum absolute atomic E-state index is 6.01. The monoisotopic (exact) mass is 415 g/mol. The number of nitrogens with two attached hydrogens (primary N) is 1. The van der Waals surface area contributed by atoms with Crippen LogP contribution in [0.25, 0.3) is 0 Å². The lowest BCUT2D eigenvalue weighted by atomic mass is 10.0. The molecule has 2 N–H and O–H groups in total. The van der Waals surface area contributed by atoms with E-state index in [1.807, 2.05) is 13.2 Å². The van der Waals surface area contributed by atoms with Crippen molar-refractivity contribution >= 4 is 31.9 Å². The Balaban J connectivity index is 2.09. The fourth-order valence-electron chi connectivity index (χ4n) is 2.02. The second kappa shape index (κ2) is 7.42. The summed E-state index contributed by atoms with van der Waals surface area (Å²) in [6.45, 7) is 2.58. The fraction of sp³-hybridized carbons (Fsp3) is 0.400. The molecule has 2 aromatic rings. The van der Waals surface area contributed by atoms with Crippen molar-refractivity contribution in [2.24, 2.45) is 12.8 Å². The van der Waals surface area contributed by atoms with E-state index in [1.54, 1.807) is 10.9 Å². The standard InChI is InChI=1S/C15H19Br2N3O/c1-3-12(18)4-10-5-13(16)15(14(17)6-10)21-9-11-7-19-20(2)8-11/h5-8,12H,3-4,9,18H2,1-2H3. The van der Waals surface area contributed by atoms with Crippen LogP contribution in [0.15, 0.2) is 33.5 Å². The lowest BCUT2D eigenvalue weighted by Gasteiger charge is -2.14. The van der Waals surface area contributed by atoms with E-state index < -0.39 is 0 Å². The molecule has 6 heteroatoms. The van der Waals surface area contributed by atoms with Crippen LogP contribution in [0.2, 0.25) is 0 Å². The van der Waals surface area contributed by atoms with Crippen molar-refractivity contribution in [2.45, 2.75) is 32.4 Å². The molecule has 1 aromatic carbocycles. The van der Waals surface area contributed by atoms with Crippen LogP contribution < -0.4 is 10.5 Å². The van der Waals surface area contributed by atoms with Crippen molar-refractivity contribution < 1.29 is 4.74 Å². The lowest BCUT2D eigenvalue weighted by Crippen LogP contribution is -2.21. The SMILES string of the molecule is CCC(N)Cc1cc(Br)c(OCc2cnn(C)c2)c(Br)c1. The zero-order chi connectivity index (χ0) is 15.4. The number of hydrogen-bond acceptors (Lipinski definition) is 3. The Hall–Kier alpha value is -0.850. The van der Waals surface area contributed by atoms with Crippen LogP contribution >= 0.6 is 31.9 Å². The fourth-order valence-corrected chi connectivity index (χ4v) is 3.53. The Morgan fingerprint density at radius 2 is 1.95 bits per heavy atom. The number of benzene rings is 1. The normalized spacial score (nSPS) is 12.4. The number of rotatable bonds is 6. The van der Waals surface area contributed by atoms with Gasteiger partial charge in [-0.3, -0.25) is 4.68 Å². The minimum Gasteiger partial charge on any atom is -0.486 e. The average Bonchev–Trinajstić information content (AvgIpc) is 2.83. The summed E-state index contributed by atoms with van der Waals surface area (Å²) in [5.74, 6) is 0.799. The number of hydrogen-bond donors (Lipinski definition) is 1. The van der Waals surface area contributed by atoms with Gasteiger partial charge in [-0.25, -0.2) is 0 Å². The first kappa shape index (κ1) is 16.5. The predicted molar refractivity (Wildman–Crippen MR) is 91.4 cm³/mol. The second-order valence-corrected chi connectivity index (χ2v) is 6.78. The maximum atomic E-state index is 6.01. The van der Waals surface area contributed by atoms with Gasteiger partial charge in [-0.05, 0) is 62.4 Å². The van der Waals surface area contributed by atoms with Gasteiger partial charge < -0.3 is 10.5 Å². The van der Waals surface area contributed by atoms with Crippen molar-refractivity contribution in [3.05, 3.63) is 44.6 Å². The summed E-state index contributed by atoms with van der Waals surface area (Å²) in [5, 5.41) is 4.13. The Bertz CT molecular complexity index is 590. The zero-order valence-electron chi connectivity index (χ0n) is 12.1. The second-order valence-electron chi connectivity index (χ2n) is 5.07. The molecule has 0 saturated carbocycles. The first-order valence-corrected chi connectivity index (χ1v) is 8.42. The summed E-state index contributed by atoms with van der Waals surface area (Å²) >= 11 is 7.14. The van der Waals surface area contributed by atoms with E-state index in [2.05, 4.69) is 56.0 Å². The van der Waals surface area contributed by atoms with E-state index in [0.717, 1.165) is 33.1 Å². The molecular weight excluding hydrogens is 398 g/mol. The van der Waals surface area contributed by atoms with Gasteiger partial charge in [0.15, 0.2) is 0 Å². The van der Waals surface area contributed by atoms with Gasteiger partial charge in [0, 0.05) is 24.8 Å². The quantitative estimate of drug-likeness (QED) is 0.778. The third-order valence-electron chi connectivity index (χ3n) is 3.22. The number of halogens is 2. The highest BCUT2D eigenvalue weighted by Crippen LogP contribution is 2.35. The smallest absolute Gasteiger partial charge is 0.148 e. The van der Waals surface area contributed by atoms with Gasteiger partial charge in [0.2, 0.25) is 0 Å². The van der Waals surface area contributed by atoms with Gasteiger partial charge in [0.1, 0.15) is 12.4 Å². The van der Waals surface area contributed by atoms with E-state index in [0.29, 0.717) is 6.61 Å². The number of nitrogens with zero attached hydrogens (tertiary/aromatic N) is 2. The van der Waals surface area contributed by atoms with Crippen LogP contribution in [0.1, 0.15) is 24.5 Å². The topological polar surface area (TPSA) is 53.1 Å². The van der Waals surface area contributed by atoms with E-state index in [4.69, 9.17) is 10.5 Å². The zero-order valence-corrected chi connectivity index (χ0v) is 15.3. The van der Waals surface area contributed by atoms with Crippen molar-refractivity contribution in [2.75, 3.05) is 0 Å². The van der Waals surface area contributed by atoms with Crippen LogP contribution in [-0.4, -0.2) is 15.8 Å². The maximum Gasteiger partial charge on any atom is 0.148 e. The summed E-state index contributed by atoms with van der Waals surface area (Å²) in [7, 11) is 1.89. The summed E-state index contributed by atoms with van der Waals surface area (Å²) in [6.07, 6.45) is 5.57. The molecule has 21 heavy (non-hydrogen) atoms. The first-order valence-electron chi connectivity index (χ1n) is 6.83. The van der Waals surface area contributed by atoms with Crippen LogP contribution in [0.5, 0.6) is 5.75 Å². The summed E-state index contributed by atoms with van der Waals surface area (Å²) in [4.78, 5) is 0. The number of aromatic nitrogens is 2. The minimum absolute atomic E-state index is 0.186. The van der Waals surface area contributed by atoms with E-state index in [-0.39, 0.29) is 6.04 Å². The molecule has 0 aliphatic carbocycles. The van der Waals surface area contributed by atoms with Gasteiger partial charge in [0.25, 0.3) is 0 Å². The predicted octanol–water partition coefficient (Wildman–Crippen LogP) is 3.80. The molecule has 0 amide bonds. The highest BCUT2D eigenvalue weighted by atomic mass is 79.9. The van der Waals surface area contributed by atoms with E-state index >= 15 is 0 Å². The molecule has 0 bridgehead atoms. The largest absolute Gasteiger partial charge is 0.486 e. The van der Waals surface area contributed by atoms with Crippen LogP contribution in [0.3, 0.4) is 0 Å². The molecule has 1 unspecified atom stereocenters. The van der Waals surface area contributed by atoms with Crippen LogP contribution in [0, 0.1) is 0 Å². The van der Waals surface area contributed by atoms with E-state index in [9.17, 15) is 0 Å². The molecule has 2 rings (SSSR count). The Morgan fingerprint density at radius 3 is 2.48 bits per heavy atom. The molecule has 1 atom stereocenters. The molecule has 0 spiro atoms.